The van der Waals surface area contributed by atoms with Crippen molar-refractivity contribution in [2.75, 3.05) is 6.54 Å². The van der Waals surface area contributed by atoms with E-state index in [1.54, 1.807) is 11.8 Å². The van der Waals surface area contributed by atoms with Crippen LogP contribution < -0.4 is 5.32 Å². The smallest absolute Gasteiger partial charge is 0.237 e. The van der Waals surface area contributed by atoms with Crippen molar-refractivity contribution in [3.63, 3.8) is 0 Å². The Bertz CT molecular complexity index is 539. The molecule has 1 aromatic heterocycles. The van der Waals surface area contributed by atoms with Gasteiger partial charge in [0.2, 0.25) is 5.89 Å². The minimum absolute atomic E-state index is 0.390. The zero-order valence-electron chi connectivity index (χ0n) is 12.9. The first kappa shape index (κ1) is 16.0. The van der Waals surface area contributed by atoms with E-state index in [1.165, 1.54) is 10.5 Å². The fraction of sp³-hybridized carbons (Fsp3) is 0.500. The van der Waals surface area contributed by atoms with Crippen molar-refractivity contribution in [3.05, 3.63) is 41.5 Å². The number of nitrogens with one attached hydrogen (secondary N) is 1. The molecule has 2 aromatic rings. The van der Waals surface area contributed by atoms with Gasteiger partial charge in [-0.1, -0.05) is 31.1 Å². The van der Waals surface area contributed by atoms with E-state index >= 15 is 0 Å². The Hall–Kier alpha value is -1.33. The van der Waals surface area contributed by atoms with E-state index in [4.69, 9.17) is 4.52 Å². The van der Waals surface area contributed by atoms with E-state index in [0.717, 1.165) is 31.0 Å². The topological polar surface area (TPSA) is 51.0 Å². The molecular formula is C16H23N3OS. The second-order valence-corrected chi connectivity index (χ2v) is 6.04. The molecule has 1 N–H and O–H groups in total. The SMILES string of the molecule is CCCc1noc(CSc2ccc(C(C)NCC)cc2)n1. The van der Waals surface area contributed by atoms with Crippen LogP contribution in [0.5, 0.6) is 0 Å². The van der Waals surface area contributed by atoms with Crippen LogP contribution in [0.4, 0.5) is 0 Å². The zero-order chi connectivity index (χ0) is 15.1. The van der Waals surface area contributed by atoms with Crippen LogP contribution >= 0.6 is 11.8 Å². The number of hydrogen-bond acceptors (Lipinski definition) is 5. The maximum absolute atomic E-state index is 5.24. The largest absolute Gasteiger partial charge is 0.338 e. The Balaban J connectivity index is 1.88. The number of aryl methyl sites for hydroxylation is 1. The number of nitrogens with zero attached hydrogens (tertiary/aromatic N) is 2. The molecule has 0 bridgehead atoms. The van der Waals surface area contributed by atoms with Gasteiger partial charge < -0.3 is 9.84 Å². The Morgan fingerprint density at radius 3 is 2.67 bits per heavy atom. The minimum atomic E-state index is 0.390. The molecule has 1 unspecified atom stereocenters. The predicted octanol–water partition coefficient (Wildman–Crippen LogP) is 3.98. The lowest BCUT2D eigenvalue weighted by Crippen LogP contribution is -2.17. The molecule has 0 saturated heterocycles. The summed E-state index contributed by atoms with van der Waals surface area (Å²) in [5.74, 6) is 2.23. The highest BCUT2D eigenvalue weighted by atomic mass is 32.2. The lowest BCUT2D eigenvalue weighted by atomic mass is 10.1. The summed E-state index contributed by atoms with van der Waals surface area (Å²) >= 11 is 1.72. The highest BCUT2D eigenvalue weighted by Gasteiger charge is 2.07. The molecule has 4 nitrogen and oxygen atoms in total. The molecule has 21 heavy (non-hydrogen) atoms. The molecule has 1 atom stereocenters. The standard InChI is InChI=1S/C16H23N3OS/c1-4-6-15-18-16(20-19-15)11-21-14-9-7-13(8-10-14)12(3)17-5-2/h7-10,12,17H,4-6,11H2,1-3H3. The summed E-state index contributed by atoms with van der Waals surface area (Å²) in [6, 6.07) is 9.04. The average Bonchev–Trinajstić information content (AvgIpc) is 2.94. The molecule has 5 heteroatoms. The van der Waals surface area contributed by atoms with Gasteiger partial charge in [-0.05, 0) is 37.6 Å². The third kappa shape index (κ3) is 4.86. The summed E-state index contributed by atoms with van der Waals surface area (Å²) < 4.78 is 5.24. The van der Waals surface area contributed by atoms with Crippen molar-refractivity contribution in [1.29, 1.82) is 0 Å². The average molecular weight is 305 g/mol. The van der Waals surface area contributed by atoms with E-state index in [-0.39, 0.29) is 0 Å². The van der Waals surface area contributed by atoms with Crippen LogP contribution in [0.25, 0.3) is 0 Å². The normalized spacial score (nSPS) is 12.5. The van der Waals surface area contributed by atoms with Crippen molar-refractivity contribution in [3.8, 4) is 0 Å². The van der Waals surface area contributed by atoms with Crippen molar-refractivity contribution >= 4 is 11.8 Å². The zero-order valence-corrected chi connectivity index (χ0v) is 13.7. The van der Waals surface area contributed by atoms with Gasteiger partial charge in [0.1, 0.15) is 0 Å². The first-order valence-corrected chi connectivity index (χ1v) is 8.49. The van der Waals surface area contributed by atoms with Gasteiger partial charge in [0.25, 0.3) is 0 Å². The van der Waals surface area contributed by atoms with Crippen LogP contribution in [0.2, 0.25) is 0 Å². The fourth-order valence-electron chi connectivity index (χ4n) is 2.10. The highest BCUT2D eigenvalue weighted by Crippen LogP contribution is 2.24. The van der Waals surface area contributed by atoms with Crippen molar-refractivity contribution in [2.45, 2.75) is 50.3 Å². The molecule has 0 aliphatic rings. The van der Waals surface area contributed by atoms with Crippen molar-refractivity contribution < 1.29 is 4.52 Å². The second kappa shape index (κ2) is 8.20. The Kier molecular flexibility index (Phi) is 6.26. The highest BCUT2D eigenvalue weighted by molar-refractivity contribution is 7.98. The van der Waals surface area contributed by atoms with Gasteiger partial charge in [0.05, 0.1) is 5.75 Å². The quantitative estimate of drug-likeness (QED) is 0.747. The summed E-state index contributed by atoms with van der Waals surface area (Å²) in [4.78, 5) is 5.60. The molecule has 0 fully saturated rings. The van der Waals surface area contributed by atoms with Gasteiger partial charge in [-0.15, -0.1) is 11.8 Å². The first-order valence-electron chi connectivity index (χ1n) is 7.50. The van der Waals surface area contributed by atoms with Crippen molar-refractivity contribution in [2.24, 2.45) is 0 Å². The number of hydrogen-bond donors (Lipinski definition) is 1. The molecule has 0 amide bonds. The van der Waals surface area contributed by atoms with Crippen LogP contribution in [0, 0.1) is 0 Å². The van der Waals surface area contributed by atoms with Gasteiger partial charge in [0, 0.05) is 17.4 Å². The molecular weight excluding hydrogens is 282 g/mol. The third-order valence-electron chi connectivity index (χ3n) is 3.24. The number of aromatic nitrogens is 2. The predicted molar refractivity (Wildman–Crippen MR) is 86.4 cm³/mol. The molecule has 0 aliphatic heterocycles. The lowest BCUT2D eigenvalue weighted by Gasteiger charge is -2.12. The van der Waals surface area contributed by atoms with Gasteiger partial charge in [-0.25, -0.2) is 0 Å². The van der Waals surface area contributed by atoms with E-state index in [1.807, 2.05) is 0 Å². The molecule has 1 heterocycles. The minimum Gasteiger partial charge on any atom is -0.338 e. The first-order chi connectivity index (χ1) is 10.2. The van der Waals surface area contributed by atoms with Gasteiger partial charge >= 0.3 is 0 Å². The maximum Gasteiger partial charge on any atom is 0.237 e. The molecule has 2 rings (SSSR count). The van der Waals surface area contributed by atoms with Crippen LogP contribution in [0.15, 0.2) is 33.7 Å². The molecule has 0 spiro atoms. The van der Waals surface area contributed by atoms with E-state index in [2.05, 4.69) is 60.5 Å². The van der Waals surface area contributed by atoms with Crippen LogP contribution in [-0.2, 0) is 12.2 Å². The van der Waals surface area contributed by atoms with Crippen LogP contribution in [0.1, 0.15) is 50.5 Å². The molecule has 0 radical (unpaired) electrons. The summed E-state index contributed by atoms with van der Waals surface area (Å²) in [6.45, 7) is 7.40. The molecule has 1 aromatic carbocycles. The van der Waals surface area contributed by atoms with Crippen LogP contribution in [0.3, 0.4) is 0 Å². The van der Waals surface area contributed by atoms with Gasteiger partial charge in [-0.2, -0.15) is 4.98 Å². The monoisotopic (exact) mass is 305 g/mol. The van der Waals surface area contributed by atoms with Gasteiger partial charge in [-0.3, -0.25) is 0 Å². The number of benzene rings is 1. The van der Waals surface area contributed by atoms with Crippen LogP contribution in [-0.4, -0.2) is 16.7 Å². The summed E-state index contributed by atoms with van der Waals surface area (Å²) in [5.41, 5.74) is 1.31. The molecule has 0 aliphatic carbocycles. The lowest BCUT2D eigenvalue weighted by molar-refractivity contribution is 0.384. The Morgan fingerprint density at radius 2 is 2.00 bits per heavy atom. The number of rotatable bonds is 8. The third-order valence-corrected chi connectivity index (χ3v) is 4.23. The van der Waals surface area contributed by atoms with E-state index in [0.29, 0.717) is 11.9 Å². The Labute approximate surface area is 130 Å². The molecule has 0 saturated carbocycles. The van der Waals surface area contributed by atoms with E-state index < -0.39 is 0 Å². The van der Waals surface area contributed by atoms with Gasteiger partial charge in [0.15, 0.2) is 5.82 Å². The summed E-state index contributed by atoms with van der Waals surface area (Å²) in [7, 11) is 0. The van der Waals surface area contributed by atoms with E-state index in [9.17, 15) is 0 Å². The maximum atomic E-state index is 5.24. The van der Waals surface area contributed by atoms with Crippen molar-refractivity contribution in [1.82, 2.24) is 15.5 Å². The Morgan fingerprint density at radius 1 is 1.24 bits per heavy atom. The fourth-order valence-corrected chi connectivity index (χ4v) is 2.83. The number of thioether (sulfide) groups is 1. The summed E-state index contributed by atoms with van der Waals surface area (Å²) in [5, 5.41) is 7.38. The summed E-state index contributed by atoms with van der Waals surface area (Å²) in [6.07, 6.45) is 1.92. The molecule has 114 valence electrons. The second-order valence-electron chi connectivity index (χ2n) is 4.99.